The Morgan fingerprint density at radius 1 is 0.846 bits per heavy atom. The van der Waals surface area contributed by atoms with E-state index in [2.05, 4.69) is 56.4 Å². The average Bonchev–Trinajstić information content (AvgIpc) is 2.64. The molecule has 4 aromatic rings. The lowest BCUT2D eigenvalue weighted by atomic mass is 10.0. The van der Waals surface area contributed by atoms with Crippen LogP contribution in [0.4, 0.5) is 11.4 Å². The highest BCUT2D eigenvalue weighted by Gasteiger charge is 2.11. The molecule has 0 unspecified atom stereocenters. The number of nitrogens with zero attached hydrogens (tertiary/aromatic N) is 1. The molecule has 0 aliphatic carbocycles. The first kappa shape index (κ1) is 16.6. The third-order valence-corrected chi connectivity index (χ3v) is 4.92. The maximum absolute atomic E-state index is 9.44. The molecule has 0 atom stereocenters. The molecule has 26 heavy (non-hydrogen) atoms. The summed E-state index contributed by atoms with van der Waals surface area (Å²) in [5.41, 5.74) is 8.58. The van der Waals surface area contributed by atoms with E-state index < -0.39 is 0 Å². The summed E-state index contributed by atoms with van der Waals surface area (Å²) in [5, 5.41) is 15.2. The van der Waals surface area contributed by atoms with Gasteiger partial charge in [-0.15, -0.1) is 0 Å². The van der Waals surface area contributed by atoms with Gasteiger partial charge in [0.15, 0.2) is 0 Å². The fourth-order valence-electron chi connectivity index (χ4n) is 3.34. The van der Waals surface area contributed by atoms with Gasteiger partial charge in [0.05, 0.1) is 23.3 Å². The van der Waals surface area contributed by atoms with Crippen LogP contribution in [-0.4, -0.2) is 10.1 Å². The summed E-state index contributed by atoms with van der Waals surface area (Å²) in [4.78, 5) is 4.88. The minimum absolute atomic E-state index is 0.0325. The summed E-state index contributed by atoms with van der Waals surface area (Å²) >= 11 is 0. The zero-order valence-electron chi connectivity index (χ0n) is 15.3. The number of aliphatic hydroxyl groups excluding tert-OH is 1. The smallest absolute Gasteiger partial charge is 0.0733 e. The Bertz CT molecular complexity index is 1130. The number of fused-ring (bicyclic) bond motifs is 2. The second kappa shape index (κ2) is 6.43. The second-order valence-corrected chi connectivity index (χ2v) is 6.94. The number of nitrogens with one attached hydrogen (secondary N) is 1. The van der Waals surface area contributed by atoms with Crippen LogP contribution in [-0.2, 0) is 6.61 Å². The SMILES string of the molecule is Cc1ccc2nc3cc(C)c(C)cc3c(Nc3cccc(CO)c3)c2c1. The molecule has 130 valence electrons. The molecule has 0 saturated heterocycles. The molecule has 3 aromatic carbocycles. The zero-order chi connectivity index (χ0) is 18.3. The molecule has 4 rings (SSSR count). The molecule has 2 N–H and O–H groups in total. The highest BCUT2D eigenvalue weighted by atomic mass is 16.3. The van der Waals surface area contributed by atoms with Crippen molar-refractivity contribution < 1.29 is 5.11 Å². The topological polar surface area (TPSA) is 45.2 Å². The molecule has 0 bridgehead atoms. The Hall–Kier alpha value is -2.91. The van der Waals surface area contributed by atoms with Crippen LogP contribution in [0.25, 0.3) is 21.8 Å². The van der Waals surface area contributed by atoms with Gasteiger partial charge in [-0.25, -0.2) is 4.98 Å². The normalized spacial score (nSPS) is 11.2. The summed E-state index contributed by atoms with van der Waals surface area (Å²) in [6, 6.07) is 18.6. The van der Waals surface area contributed by atoms with Crippen LogP contribution in [0.2, 0.25) is 0 Å². The maximum Gasteiger partial charge on any atom is 0.0733 e. The van der Waals surface area contributed by atoms with E-state index >= 15 is 0 Å². The van der Waals surface area contributed by atoms with Crippen molar-refractivity contribution in [2.75, 3.05) is 5.32 Å². The summed E-state index contributed by atoms with van der Waals surface area (Å²) in [7, 11) is 0. The first-order valence-electron chi connectivity index (χ1n) is 8.83. The number of anilines is 2. The lowest BCUT2D eigenvalue weighted by Gasteiger charge is -2.15. The number of aliphatic hydroxyl groups is 1. The van der Waals surface area contributed by atoms with Gasteiger partial charge in [0.2, 0.25) is 0 Å². The van der Waals surface area contributed by atoms with Crippen molar-refractivity contribution in [2.24, 2.45) is 0 Å². The van der Waals surface area contributed by atoms with E-state index in [-0.39, 0.29) is 6.61 Å². The molecule has 1 aromatic heterocycles. The average molecular weight is 342 g/mol. The lowest BCUT2D eigenvalue weighted by Crippen LogP contribution is -1.97. The van der Waals surface area contributed by atoms with Crippen LogP contribution in [0.5, 0.6) is 0 Å². The summed E-state index contributed by atoms with van der Waals surface area (Å²) in [6.07, 6.45) is 0. The van der Waals surface area contributed by atoms with Crippen molar-refractivity contribution in [3.05, 3.63) is 76.9 Å². The van der Waals surface area contributed by atoms with E-state index in [0.29, 0.717) is 0 Å². The van der Waals surface area contributed by atoms with Gasteiger partial charge in [0.25, 0.3) is 0 Å². The van der Waals surface area contributed by atoms with Crippen molar-refractivity contribution in [1.82, 2.24) is 4.98 Å². The van der Waals surface area contributed by atoms with Gasteiger partial charge >= 0.3 is 0 Å². The van der Waals surface area contributed by atoms with Crippen molar-refractivity contribution in [3.63, 3.8) is 0 Å². The van der Waals surface area contributed by atoms with Crippen molar-refractivity contribution in [1.29, 1.82) is 0 Å². The second-order valence-electron chi connectivity index (χ2n) is 6.94. The molecular weight excluding hydrogens is 320 g/mol. The van der Waals surface area contributed by atoms with Crippen molar-refractivity contribution >= 4 is 33.2 Å². The number of aromatic nitrogens is 1. The summed E-state index contributed by atoms with van der Waals surface area (Å²) in [5.74, 6) is 0. The van der Waals surface area contributed by atoms with Crippen LogP contribution in [0, 0.1) is 20.8 Å². The van der Waals surface area contributed by atoms with Crippen molar-refractivity contribution in [3.8, 4) is 0 Å². The highest BCUT2D eigenvalue weighted by Crippen LogP contribution is 2.35. The number of aryl methyl sites for hydroxylation is 3. The zero-order valence-corrected chi connectivity index (χ0v) is 15.3. The predicted octanol–water partition coefficient (Wildman–Crippen LogP) is 5.55. The number of rotatable bonds is 3. The third kappa shape index (κ3) is 2.91. The van der Waals surface area contributed by atoms with Crippen molar-refractivity contribution in [2.45, 2.75) is 27.4 Å². The molecule has 1 heterocycles. The quantitative estimate of drug-likeness (QED) is 0.480. The molecule has 0 spiro atoms. The first-order chi connectivity index (χ1) is 12.5. The molecule has 0 aliphatic rings. The largest absolute Gasteiger partial charge is 0.392 e. The summed E-state index contributed by atoms with van der Waals surface area (Å²) in [6.45, 7) is 6.38. The van der Waals surface area contributed by atoms with Crippen LogP contribution in [0.15, 0.2) is 54.6 Å². The van der Waals surface area contributed by atoms with Gasteiger partial charge in [-0.1, -0.05) is 23.8 Å². The van der Waals surface area contributed by atoms with Crippen LogP contribution in [0.3, 0.4) is 0 Å². The fourth-order valence-corrected chi connectivity index (χ4v) is 3.34. The van der Waals surface area contributed by atoms with E-state index in [0.717, 1.165) is 38.7 Å². The predicted molar refractivity (Wildman–Crippen MR) is 109 cm³/mol. The Kier molecular flexibility index (Phi) is 4.09. The third-order valence-electron chi connectivity index (χ3n) is 4.92. The minimum Gasteiger partial charge on any atom is -0.392 e. The monoisotopic (exact) mass is 342 g/mol. The van der Waals surface area contributed by atoms with Gasteiger partial charge < -0.3 is 10.4 Å². The first-order valence-corrected chi connectivity index (χ1v) is 8.83. The number of hydrogen-bond acceptors (Lipinski definition) is 3. The molecule has 3 heteroatoms. The molecule has 0 amide bonds. The fraction of sp³-hybridized carbons (Fsp3) is 0.174. The number of pyridine rings is 1. The Balaban J connectivity index is 2.01. The van der Waals surface area contributed by atoms with Gasteiger partial charge in [0.1, 0.15) is 0 Å². The van der Waals surface area contributed by atoms with Gasteiger partial charge in [0, 0.05) is 16.5 Å². The lowest BCUT2D eigenvalue weighted by molar-refractivity contribution is 0.282. The Morgan fingerprint density at radius 2 is 1.62 bits per heavy atom. The van der Waals surface area contributed by atoms with E-state index in [1.165, 1.54) is 16.7 Å². The molecule has 0 saturated carbocycles. The van der Waals surface area contributed by atoms with Crippen LogP contribution < -0.4 is 5.32 Å². The minimum atomic E-state index is 0.0325. The highest BCUT2D eigenvalue weighted by molar-refractivity contribution is 6.09. The van der Waals surface area contributed by atoms with E-state index in [1.54, 1.807) is 0 Å². The Morgan fingerprint density at radius 3 is 2.42 bits per heavy atom. The standard InChI is InChI=1S/C23H22N2O/c1-14-7-8-21-19(9-14)23(24-18-6-4-5-17(12-18)13-26)20-10-15(2)16(3)11-22(20)25-21/h4-12,26H,13H2,1-3H3,(H,24,25). The van der Waals surface area contributed by atoms with Gasteiger partial charge in [-0.05, 0) is 73.9 Å². The molecular formula is C23H22N2O. The van der Waals surface area contributed by atoms with E-state index in [4.69, 9.17) is 4.98 Å². The molecule has 0 radical (unpaired) electrons. The van der Waals surface area contributed by atoms with E-state index in [1.807, 2.05) is 24.3 Å². The molecule has 3 nitrogen and oxygen atoms in total. The Labute approximate surface area is 153 Å². The van der Waals surface area contributed by atoms with Crippen LogP contribution >= 0.6 is 0 Å². The van der Waals surface area contributed by atoms with Gasteiger partial charge in [-0.3, -0.25) is 0 Å². The number of benzene rings is 3. The maximum atomic E-state index is 9.44. The van der Waals surface area contributed by atoms with Gasteiger partial charge in [-0.2, -0.15) is 0 Å². The molecule has 0 fully saturated rings. The van der Waals surface area contributed by atoms with Crippen LogP contribution in [0.1, 0.15) is 22.3 Å². The van der Waals surface area contributed by atoms with E-state index in [9.17, 15) is 5.11 Å². The summed E-state index contributed by atoms with van der Waals surface area (Å²) < 4.78 is 0. The number of hydrogen-bond donors (Lipinski definition) is 2. The molecule has 0 aliphatic heterocycles.